The lowest BCUT2D eigenvalue weighted by atomic mass is 9.89. The van der Waals surface area contributed by atoms with Crippen LogP contribution in [-0.2, 0) is 38.5 Å². The van der Waals surface area contributed by atoms with E-state index in [1.54, 1.807) is 25.6 Å². The first kappa shape index (κ1) is 103. The molecule has 8 nitrogen and oxygen atoms in total. The zero-order chi connectivity index (χ0) is 88.0. The summed E-state index contributed by atoms with van der Waals surface area (Å²) >= 11 is 0. The predicted molar refractivity (Wildman–Crippen MR) is 507 cm³/mol. The molecule has 1 atom stereocenters. The number of aromatic nitrogens is 1. The average molecular weight is 1700 g/mol. The number of nitrogens with one attached hydrogen (secondary N) is 2. The first-order chi connectivity index (χ1) is 59.5. The summed E-state index contributed by atoms with van der Waals surface area (Å²) in [5.41, 5.74) is 5.56. The van der Waals surface area contributed by atoms with Gasteiger partial charge in [0.1, 0.15) is 40.7 Å². The van der Waals surface area contributed by atoms with E-state index in [-0.39, 0.29) is 144 Å². The fourth-order valence-corrected chi connectivity index (χ4v) is 19.3. The number of hydrogen-bond acceptors (Lipinski definition) is 7. The Bertz CT molecular complexity index is 4190. The Kier molecular flexibility index (Phi) is 49.5. The van der Waals surface area contributed by atoms with Gasteiger partial charge < -0.3 is 10.7 Å². The molecule has 0 unspecified atom stereocenters. The van der Waals surface area contributed by atoms with Crippen LogP contribution in [0.15, 0.2) is 30.5 Å². The SMILES string of the molecule is CCCCCCCCC/C(CCCCCCCC)=C(\F)c1c(C(C)C)c2n(NC)c1=NC1=N[C@@H](N/C(C)=c3\c(F)c(CCCCCCCCC)c(CCCCCCCCC)c(F)\c3=C(\C)N=C3N=C(N=2)c2c(F)c(CCCCCCCCC)c(CCCCCCCCC)c(F)c23)c2c(F)c(CCCCCCCCC)c(CCCCCCCCC)c(F)c21. The van der Waals surface area contributed by atoms with Gasteiger partial charge in [-0.25, -0.2) is 60.4 Å². The molecule has 686 valence electrons. The van der Waals surface area contributed by atoms with Crippen LogP contribution in [0, 0.1) is 34.9 Å². The molecule has 0 aliphatic carbocycles. The van der Waals surface area contributed by atoms with Crippen molar-refractivity contribution in [2.24, 2.45) is 25.0 Å². The molecule has 0 amide bonds. The van der Waals surface area contributed by atoms with Crippen LogP contribution in [0.25, 0.3) is 17.2 Å². The fourth-order valence-electron chi connectivity index (χ4n) is 19.3. The quantitative estimate of drug-likeness (QED) is 0.0341. The van der Waals surface area contributed by atoms with Gasteiger partial charge in [0.15, 0.2) is 34.6 Å². The Labute approximate surface area is 737 Å². The van der Waals surface area contributed by atoms with E-state index in [0.29, 0.717) is 68.1 Å². The van der Waals surface area contributed by atoms with Crippen molar-refractivity contribution in [3.05, 3.63) is 129 Å². The summed E-state index contributed by atoms with van der Waals surface area (Å²) in [4.78, 5) is 26.8. The lowest BCUT2D eigenvalue weighted by Gasteiger charge is -2.21. The third kappa shape index (κ3) is 30.4. The second kappa shape index (κ2) is 58.5. The topological polar surface area (TPSA) is 90.8 Å². The van der Waals surface area contributed by atoms with E-state index < -0.39 is 52.8 Å². The molecule has 7 rings (SSSR count). The van der Waals surface area contributed by atoms with Crippen molar-refractivity contribution in [1.82, 2.24) is 9.99 Å². The molecule has 0 spiro atoms. The fraction of sp³-hybridized carbons (Fsp3) is 0.729. The summed E-state index contributed by atoms with van der Waals surface area (Å²) in [5, 5.41) is 3.14. The maximum atomic E-state index is 19.8. The monoisotopic (exact) mass is 1700 g/mol. The zero-order valence-corrected chi connectivity index (χ0v) is 79.5. The highest BCUT2D eigenvalue weighted by Gasteiger charge is 2.39. The number of fused-ring (bicyclic) bond motifs is 11. The van der Waals surface area contributed by atoms with E-state index in [0.717, 1.165) is 308 Å². The molecule has 3 aliphatic heterocycles. The van der Waals surface area contributed by atoms with Gasteiger partial charge in [-0.1, -0.05) is 371 Å². The number of nitrogens with zero attached hydrogens (tertiary/aromatic N) is 6. The summed E-state index contributed by atoms with van der Waals surface area (Å²) in [6.45, 7) is 24.8. The highest BCUT2D eigenvalue weighted by Crippen LogP contribution is 2.41. The number of halogens is 7. The number of allylic oxidation sites excluding steroid dienone is 1. The standard InChI is InChI=1S/C107H169F7N8/c1-14-22-30-38-46-54-62-70-80(69-61-53-45-37-29-21-8)95(108)94-87(77(9)10)106-120-104-92-90(98(111)83(73-65-57-49-41-33-25-17-4)85(100(92)113)75-67-59-51-43-35-27-19-6)102(118-104)116-78(11)88-89(97(110)82(72-64-56-48-40-32-24-16-3)81(96(88)109)71-63-55-47-39-31-23-15-2)79(12)117-103-91-93(105(119-103)121-107(94)122(106)115-13)101(114)86(76-68-60-52-44-36-28-20-7)84(99(91)112)74-66-58-50-42-34-26-18-5/h77,103,115,117H,14-76H2,1-13H3/b88-78-,89-79-,95-80-,116-102?,120-106?,121-107?/t103-/m1/s1. The van der Waals surface area contributed by atoms with E-state index in [4.69, 9.17) is 25.0 Å². The smallest absolute Gasteiger partial charge is 0.167 e. The van der Waals surface area contributed by atoms with Crippen molar-refractivity contribution < 1.29 is 30.7 Å². The summed E-state index contributed by atoms with van der Waals surface area (Å²) in [7, 11) is 1.67. The molecule has 4 aromatic rings. The van der Waals surface area contributed by atoms with E-state index in [1.807, 2.05) is 13.8 Å². The highest BCUT2D eigenvalue weighted by atomic mass is 19.2. The van der Waals surface area contributed by atoms with Gasteiger partial charge in [0.2, 0.25) is 0 Å². The van der Waals surface area contributed by atoms with Gasteiger partial charge in [0, 0.05) is 34.3 Å². The lowest BCUT2D eigenvalue weighted by molar-refractivity contribution is 0.517. The Hall–Kier alpha value is -5.86. The second-order valence-corrected chi connectivity index (χ2v) is 37.0. The molecule has 2 N–H and O–H groups in total. The summed E-state index contributed by atoms with van der Waals surface area (Å²) in [6.07, 6.45) is 55.1. The molecule has 4 heterocycles. The maximum Gasteiger partial charge on any atom is 0.167 e. The van der Waals surface area contributed by atoms with Crippen LogP contribution in [0.3, 0.4) is 0 Å². The molecule has 1 aromatic heterocycles. The number of rotatable bonds is 66. The first-order valence-electron chi connectivity index (χ1n) is 51.0. The van der Waals surface area contributed by atoms with E-state index in [1.165, 1.54) is 6.42 Å². The third-order valence-electron chi connectivity index (χ3n) is 26.6. The lowest BCUT2D eigenvalue weighted by Crippen LogP contribution is -2.41. The average Bonchev–Trinajstić information content (AvgIpc) is 1.55. The molecule has 0 radical (unpaired) electrons. The van der Waals surface area contributed by atoms with Crippen molar-refractivity contribution in [3.8, 4) is 0 Å². The van der Waals surface area contributed by atoms with Crippen molar-refractivity contribution >= 4 is 34.7 Å². The van der Waals surface area contributed by atoms with Crippen molar-refractivity contribution in [2.45, 2.75) is 500 Å². The Morgan fingerprint density at radius 2 is 0.623 bits per heavy atom. The molecule has 0 saturated heterocycles. The minimum atomic E-state index is -1.46. The van der Waals surface area contributed by atoms with E-state index >= 15 is 30.7 Å². The highest BCUT2D eigenvalue weighted by molar-refractivity contribution is 6.23. The molecule has 0 saturated carbocycles. The third-order valence-corrected chi connectivity index (χ3v) is 26.6. The van der Waals surface area contributed by atoms with Crippen LogP contribution >= 0.6 is 0 Å². The van der Waals surface area contributed by atoms with Crippen LogP contribution in [0.1, 0.15) is 528 Å². The number of amidine groups is 3. The molecule has 3 aliphatic rings. The minimum absolute atomic E-state index is 0.0152. The number of aliphatic imine (C=N–C) groups is 3. The van der Waals surface area contributed by atoms with Crippen molar-refractivity contribution in [3.63, 3.8) is 0 Å². The summed E-state index contributed by atoms with van der Waals surface area (Å²) in [5.74, 6) is -5.60. The Morgan fingerprint density at radius 1 is 0.336 bits per heavy atom. The van der Waals surface area contributed by atoms with Gasteiger partial charge in [0.05, 0.1) is 28.0 Å². The number of unbranched alkanes of at least 4 members (excludes halogenated alkanes) is 47. The largest absolute Gasteiger partial charge is 0.363 e. The van der Waals surface area contributed by atoms with Crippen molar-refractivity contribution in [1.29, 1.82) is 0 Å². The summed E-state index contributed by atoms with van der Waals surface area (Å²) in [6, 6.07) is 0. The van der Waals surface area contributed by atoms with Crippen LogP contribution in [0.2, 0.25) is 0 Å². The zero-order valence-electron chi connectivity index (χ0n) is 79.5. The van der Waals surface area contributed by atoms with Crippen LogP contribution in [0.5, 0.6) is 0 Å². The van der Waals surface area contributed by atoms with Gasteiger partial charge in [-0.2, -0.15) is 0 Å². The van der Waals surface area contributed by atoms with Crippen LogP contribution in [-0.4, -0.2) is 29.2 Å². The molecule has 0 fully saturated rings. The number of hydrogen-bond donors (Lipinski definition) is 2. The molecule has 6 bridgehead atoms. The molecular weight excluding hydrogens is 1530 g/mol. The van der Waals surface area contributed by atoms with E-state index in [2.05, 4.69) is 66.1 Å². The molecule has 122 heavy (non-hydrogen) atoms. The molecule has 3 aromatic carbocycles. The summed E-state index contributed by atoms with van der Waals surface area (Å²) < 4.78 is 138. The van der Waals surface area contributed by atoms with Gasteiger partial charge in [-0.05, 0) is 161 Å². The van der Waals surface area contributed by atoms with Gasteiger partial charge >= 0.3 is 0 Å². The van der Waals surface area contributed by atoms with E-state index in [9.17, 15) is 0 Å². The van der Waals surface area contributed by atoms with Gasteiger partial charge in [-0.3, -0.25) is 0 Å². The molecular formula is C107H169F7N8. The second-order valence-electron chi connectivity index (χ2n) is 37.0. The van der Waals surface area contributed by atoms with Crippen LogP contribution < -0.4 is 32.2 Å². The minimum Gasteiger partial charge on any atom is -0.363 e. The Balaban J connectivity index is 1.72. The van der Waals surface area contributed by atoms with Crippen LogP contribution in [0.4, 0.5) is 30.7 Å². The maximum absolute atomic E-state index is 19.8. The molecule has 15 heteroatoms. The number of benzene rings is 3. The van der Waals surface area contributed by atoms with Gasteiger partial charge in [-0.15, -0.1) is 0 Å². The normalized spacial score (nSPS) is 15.0. The van der Waals surface area contributed by atoms with Gasteiger partial charge in [0.25, 0.3) is 0 Å². The van der Waals surface area contributed by atoms with Crippen molar-refractivity contribution in [2.75, 3.05) is 12.5 Å². The predicted octanol–water partition coefficient (Wildman–Crippen LogP) is 31.4. The first-order valence-corrected chi connectivity index (χ1v) is 51.0. The Morgan fingerprint density at radius 3 is 0.959 bits per heavy atom.